The molecule has 5 rings (SSSR count). The fourth-order valence-electron chi connectivity index (χ4n) is 5.87. The zero-order valence-corrected chi connectivity index (χ0v) is 19.9. The summed E-state index contributed by atoms with van der Waals surface area (Å²) in [6.07, 6.45) is 11.3. The lowest BCUT2D eigenvalue weighted by atomic mass is 9.68. The summed E-state index contributed by atoms with van der Waals surface area (Å²) in [5.41, 5.74) is 2.96. The van der Waals surface area contributed by atoms with Gasteiger partial charge in [0, 0.05) is 24.3 Å². The Kier molecular flexibility index (Phi) is 6.71. The zero-order chi connectivity index (χ0) is 23.5. The van der Waals surface area contributed by atoms with Crippen molar-refractivity contribution in [1.82, 2.24) is 0 Å². The molecule has 2 saturated carbocycles. The van der Waals surface area contributed by atoms with Crippen LogP contribution in [-0.2, 0) is 9.59 Å². The Hall–Kier alpha value is -2.69. The maximum atomic E-state index is 13.4. The van der Waals surface area contributed by atoms with Crippen molar-refractivity contribution in [3.05, 3.63) is 59.9 Å². The van der Waals surface area contributed by atoms with Gasteiger partial charge in [-0.15, -0.1) is 0 Å². The van der Waals surface area contributed by atoms with Crippen LogP contribution in [0.3, 0.4) is 0 Å². The lowest BCUT2D eigenvalue weighted by Crippen LogP contribution is -2.37. The van der Waals surface area contributed by atoms with Gasteiger partial charge in [0.25, 0.3) is 0 Å². The van der Waals surface area contributed by atoms with E-state index in [1.807, 2.05) is 4.90 Å². The van der Waals surface area contributed by atoms with Gasteiger partial charge in [0.05, 0.1) is 5.41 Å². The molecule has 3 aliphatic rings. The smallest absolute Gasteiger partial charge is 0.233 e. The van der Waals surface area contributed by atoms with Crippen LogP contribution in [0.1, 0.15) is 82.1 Å². The molecule has 0 radical (unpaired) electrons. The average Bonchev–Trinajstić information content (AvgIpc) is 3.66. The van der Waals surface area contributed by atoms with Crippen molar-refractivity contribution in [2.45, 2.75) is 76.5 Å². The van der Waals surface area contributed by atoms with Crippen molar-refractivity contribution in [3.63, 3.8) is 0 Å². The van der Waals surface area contributed by atoms with E-state index in [4.69, 9.17) is 0 Å². The molecule has 2 aromatic carbocycles. The molecule has 1 heterocycles. The number of benzene rings is 2. The lowest BCUT2D eigenvalue weighted by Gasteiger charge is -2.35. The summed E-state index contributed by atoms with van der Waals surface area (Å²) in [5, 5.41) is 2.83. The van der Waals surface area contributed by atoms with Gasteiger partial charge in [-0.05, 0) is 105 Å². The molecule has 1 saturated heterocycles. The fraction of sp³-hybridized carbons (Fsp3) is 0.517. The zero-order valence-electron chi connectivity index (χ0n) is 19.9. The van der Waals surface area contributed by atoms with E-state index in [1.54, 1.807) is 12.1 Å². The number of unbranched alkanes of at least 4 members (excludes halogenated alkanes) is 1. The van der Waals surface area contributed by atoms with Crippen LogP contribution >= 0.6 is 0 Å². The van der Waals surface area contributed by atoms with Crippen LogP contribution in [0.25, 0.3) is 0 Å². The van der Waals surface area contributed by atoms with Crippen molar-refractivity contribution in [2.24, 2.45) is 11.3 Å². The molecule has 2 aliphatic carbocycles. The second-order valence-corrected chi connectivity index (χ2v) is 10.6. The van der Waals surface area contributed by atoms with E-state index < -0.39 is 0 Å². The second-order valence-electron chi connectivity index (χ2n) is 10.6. The Balaban J connectivity index is 1.03. The third kappa shape index (κ3) is 5.18. The first-order valence-electron chi connectivity index (χ1n) is 13.0. The molecule has 4 nitrogen and oxygen atoms in total. The Labute approximate surface area is 201 Å². The number of halogens is 1. The Morgan fingerprint density at radius 1 is 0.941 bits per heavy atom. The standard InChI is InChI=1S/C29H35FN2O2/c30-24-9-11-25(12-10-24)31-27(33)4-2-1-3-21-15-17-29(18-16-21)19-20-32(28(29)34)26-13-7-23(8-14-26)22-5-6-22/h7-14,21-22H,1-6,15-20H2,(H,31,33). The molecular formula is C29H35FN2O2. The van der Waals surface area contributed by atoms with Gasteiger partial charge in [-0.3, -0.25) is 9.59 Å². The first kappa shape index (κ1) is 23.1. The molecule has 2 amide bonds. The van der Waals surface area contributed by atoms with Crippen LogP contribution in [-0.4, -0.2) is 18.4 Å². The summed E-state index contributed by atoms with van der Waals surface area (Å²) in [4.78, 5) is 27.5. The number of nitrogens with one attached hydrogen (secondary N) is 1. The number of carbonyl (C=O) groups excluding carboxylic acids is 2. The largest absolute Gasteiger partial charge is 0.326 e. The summed E-state index contributed by atoms with van der Waals surface area (Å²) in [6.45, 7) is 0.843. The fourth-order valence-corrected chi connectivity index (χ4v) is 5.87. The minimum Gasteiger partial charge on any atom is -0.326 e. The molecule has 0 aromatic heterocycles. The van der Waals surface area contributed by atoms with Crippen LogP contribution in [0.5, 0.6) is 0 Å². The summed E-state index contributed by atoms with van der Waals surface area (Å²) in [5.74, 6) is 1.42. The van der Waals surface area contributed by atoms with Gasteiger partial charge in [-0.1, -0.05) is 25.0 Å². The van der Waals surface area contributed by atoms with Crippen molar-refractivity contribution >= 4 is 23.2 Å². The Bertz CT molecular complexity index is 1010. The van der Waals surface area contributed by atoms with Crippen molar-refractivity contribution < 1.29 is 14.0 Å². The van der Waals surface area contributed by atoms with E-state index in [9.17, 15) is 14.0 Å². The molecule has 180 valence electrons. The molecule has 3 fully saturated rings. The molecule has 5 heteroatoms. The lowest BCUT2D eigenvalue weighted by molar-refractivity contribution is -0.127. The number of rotatable bonds is 8. The van der Waals surface area contributed by atoms with Crippen molar-refractivity contribution in [2.75, 3.05) is 16.8 Å². The van der Waals surface area contributed by atoms with Crippen LogP contribution in [0.4, 0.5) is 15.8 Å². The highest BCUT2D eigenvalue weighted by molar-refractivity contribution is 6.00. The van der Waals surface area contributed by atoms with E-state index in [0.717, 1.165) is 69.5 Å². The maximum absolute atomic E-state index is 13.4. The average molecular weight is 463 g/mol. The van der Waals surface area contributed by atoms with Crippen LogP contribution in [0.2, 0.25) is 0 Å². The minimum atomic E-state index is -0.304. The van der Waals surface area contributed by atoms with Crippen LogP contribution < -0.4 is 10.2 Å². The van der Waals surface area contributed by atoms with Crippen LogP contribution in [0, 0.1) is 17.2 Å². The predicted molar refractivity (Wildman–Crippen MR) is 133 cm³/mol. The molecular weight excluding hydrogens is 427 g/mol. The van der Waals surface area contributed by atoms with Gasteiger partial charge in [0.15, 0.2) is 0 Å². The SMILES string of the molecule is O=C(CCCCC1CCC2(CC1)CCN(c1ccc(C3CC3)cc1)C2=O)Nc1ccc(F)cc1. The topological polar surface area (TPSA) is 49.4 Å². The number of carbonyl (C=O) groups is 2. The maximum Gasteiger partial charge on any atom is 0.233 e. The van der Waals surface area contributed by atoms with E-state index in [1.165, 1.54) is 30.5 Å². The van der Waals surface area contributed by atoms with E-state index in [0.29, 0.717) is 23.9 Å². The predicted octanol–water partition coefficient (Wildman–Crippen LogP) is 6.82. The molecule has 1 spiro atoms. The highest BCUT2D eigenvalue weighted by Crippen LogP contribution is 2.48. The molecule has 2 aromatic rings. The van der Waals surface area contributed by atoms with Gasteiger partial charge >= 0.3 is 0 Å². The van der Waals surface area contributed by atoms with Gasteiger partial charge < -0.3 is 10.2 Å². The number of amides is 2. The molecule has 1 aliphatic heterocycles. The number of nitrogens with zero attached hydrogens (tertiary/aromatic N) is 1. The van der Waals surface area contributed by atoms with Crippen molar-refractivity contribution in [1.29, 1.82) is 0 Å². The van der Waals surface area contributed by atoms with Gasteiger partial charge in [0.1, 0.15) is 5.82 Å². The van der Waals surface area contributed by atoms with E-state index >= 15 is 0 Å². The quantitative estimate of drug-likeness (QED) is 0.438. The molecule has 0 unspecified atom stereocenters. The Morgan fingerprint density at radius 2 is 1.65 bits per heavy atom. The van der Waals surface area contributed by atoms with E-state index in [2.05, 4.69) is 29.6 Å². The van der Waals surface area contributed by atoms with Crippen molar-refractivity contribution in [3.8, 4) is 0 Å². The normalized spacial score (nSPS) is 24.6. The first-order chi connectivity index (χ1) is 16.5. The number of anilines is 2. The molecule has 34 heavy (non-hydrogen) atoms. The highest BCUT2D eigenvalue weighted by atomic mass is 19.1. The monoisotopic (exact) mass is 462 g/mol. The van der Waals surface area contributed by atoms with Gasteiger partial charge in [-0.25, -0.2) is 4.39 Å². The van der Waals surface area contributed by atoms with E-state index in [-0.39, 0.29) is 17.1 Å². The minimum absolute atomic E-state index is 0.0176. The highest BCUT2D eigenvalue weighted by Gasteiger charge is 2.48. The third-order valence-corrected chi connectivity index (χ3v) is 8.22. The van der Waals surface area contributed by atoms with Gasteiger partial charge in [-0.2, -0.15) is 0 Å². The summed E-state index contributed by atoms with van der Waals surface area (Å²) < 4.78 is 13.0. The van der Waals surface area contributed by atoms with Crippen LogP contribution in [0.15, 0.2) is 48.5 Å². The molecule has 0 atom stereocenters. The molecule has 1 N–H and O–H groups in total. The summed E-state index contributed by atoms with van der Waals surface area (Å²) >= 11 is 0. The third-order valence-electron chi connectivity index (χ3n) is 8.22. The van der Waals surface area contributed by atoms with Gasteiger partial charge in [0.2, 0.25) is 11.8 Å². The Morgan fingerprint density at radius 3 is 2.32 bits per heavy atom. The second kappa shape index (κ2) is 9.89. The first-order valence-corrected chi connectivity index (χ1v) is 13.0. The summed E-state index contributed by atoms with van der Waals surface area (Å²) in [6, 6.07) is 14.6. The molecule has 0 bridgehead atoms. The number of hydrogen-bond acceptors (Lipinski definition) is 2. The summed E-state index contributed by atoms with van der Waals surface area (Å²) in [7, 11) is 0. The number of hydrogen-bond donors (Lipinski definition) is 1.